The first kappa shape index (κ1) is 17.9. The first-order valence-electron chi connectivity index (χ1n) is 6.41. The van der Waals surface area contributed by atoms with Crippen molar-refractivity contribution < 1.29 is 16.8 Å². The van der Waals surface area contributed by atoms with Crippen LogP contribution in [0.2, 0.25) is 0 Å². The van der Waals surface area contributed by atoms with E-state index in [0.717, 1.165) is 11.8 Å². The molecule has 120 valence electrons. The first-order valence-corrected chi connectivity index (χ1v) is 9.96. The molecule has 3 N–H and O–H groups in total. The quantitative estimate of drug-likeness (QED) is 0.778. The van der Waals surface area contributed by atoms with Crippen LogP contribution in [0.3, 0.4) is 0 Å². The number of hydrogen-bond acceptors (Lipinski definition) is 5. The lowest BCUT2D eigenvalue weighted by molar-refractivity contribution is 0.563. The highest BCUT2D eigenvalue weighted by molar-refractivity contribution is 7.91. The van der Waals surface area contributed by atoms with E-state index in [2.05, 4.69) is 4.72 Å². The molecule has 21 heavy (non-hydrogen) atoms. The van der Waals surface area contributed by atoms with Crippen molar-refractivity contribution in [2.45, 2.75) is 38.6 Å². The third-order valence-corrected chi connectivity index (χ3v) is 6.12. The summed E-state index contributed by atoms with van der Waals surface area (Å²) in [5.41, 5.74) is 8.19. The van der Waals surface area contributed by atoms with Crippen LogP contribution < -0.4 is 10.5 Å². The summed E-state index contributed by atoms with van der Waals surface area (Å²) in [7, 11) is -7.09. The average Bonchev–Trinajstić information content (AvgIpc) is 2.21. The Morgan fingerprint density at radius 3 is 2.14 bits per heavy atom. The van der Waals surface area contributed by atoms with E-state index < -0.39 is 25.9 Å². The molecule has 6 nitrogen and oxygen atoms in total. The molecule has 0 aromatic heterocycles. The first-order chi connectivity index (χ1) is 9.35. The van der Waals surface area contributed by atoms with Crippen LogP contribution in [0.15, 0.2) is 11.0 Å². The number of sulfonamides is 1. The highest BCUT2D eigenvalue weighted by Crippen LogP contribution is 2.28. The van der Waals surface area contributed by atoms with Crippen LogP contribution in [0.25, 0.3) is 0 Å². The summed E-state index contributed by atoms with van der Waals surface area (Å²) in [5.74, 6) is -0.258. The summed E-state index contributed by atoms with van der Waals surface area (Å²) in [4.78, 5) is 0.117. The van der Waals surface area contributed by atoms with Gasteiger partial charge in [0.05, 0.1) is 10.6 Å². The van der Waals surface area contributed by atoms with Crippen molar-refractivity contribution >= 4 is 25.5 Å². The number of anilines is 1. The van der Waals surface area contributed by atoms with Crippen LogP contribution in [0.4, 0.5) is 5.69 Å². The molecule has 8 heteroatoms. The maximum absolute atomic E-state index is 12.5. The van der Waals surface area contributed by atoms with Crippen molar-refractivity contribution in [2.24, 2.45) is 0 Å². The zero-order valence-corrected chi connectivity index (χ0v) is 14.5. The van der Waals surface area contributed by atoms with Gasteiger partial charge in [0.25, 0.3) is 0 Å². The normalized spacial score (nSPS) is 14.1. The van der Waals surface area contributed by atoms with E-state index in [1.165, 1.54) is 6.92 Å². The maximum Gasteiger partial charge on any atom is 0.241 e. The van der Waals surface area contributed by atoms with Gasteiger partial charge < -0.3 is 5.73 Å². The molecule has 0 heterocycles. The van der Waals surface area contributed by atoms with Gasteiger partial charge in [0.15, 0.2) is 0 Å². The molecule has 0 fully saturated rings. The lowest BCUT2D eigenvalue weighted by atomic mass is 10.1. The Morgan fingerprint density at radius 1 is 1.14 bits per heavy atom. The van der Waals surface area contributed by atoms with Crippen molar-refractivity contribution in [2.75, 3.05) is 17.7 Å². The number of sulfone groups is 1. The molecule has 0 saturated heterocycles. The molecule has 0 aliphatic carbocycles. The summed E-state index contributed by atoms with van der Waals surface area (Å²) >= 11 is 0. The summed E-state index contributed by atoms with van der Waals surface area (Å²) in [6.45, 7) is 6.66. The lowest BCUT2D eigenvalue weighted by Gasteiger charge is -2.18. The van der Waals surface area contributed by atoms with Crippen LogP contribution >= 0.6 is 0 Å². The molecule has 0 aliphatic rings. The zero-order valence-electron chi connectivity index (χ0n) is 12.9. The summed E-state index contributed by atoms with van der Waals surface area (Å²) in [6.07, 6.45) is 1.07. The lowest BCUT2D eigenvalue weighted by Crippen LogP contribution is -2.38. The van der Waals surface area contributed by atoms with Gasteiger partial charge in [-0.25, -0.2) is 21.6 Å². The minimum Gasteiger partial charge on any atom is -0.398 e. The van der Waals surface area contributed by atoms with Gasteiger partial charge in [-0.1, -0.05) is 6.07 Å². The minimum absolute atomic E-state index is 0.117. The third-order valence-electron chi connectivity index (χ3n) is 3.14. The van der Waals surface area contributed by atoms with Crippen LogP contribution in [0.1, 0.15) is 23.6 Å². The van der Waals surface area contributed by atoms with E-state index in [1.54, 1.807) is 19.9 Å². The van der Waals surface area contributed by atoms with E-state index in [4.69, 9.17) is 5.73 Å². The van der Waals surface area contributed by atoms with Crippen LogP contribution in [-0.2, 0) is 19.9 Å². The van der Waals surface area contributed by atoms with Crippen LogP contribution in [-0.4, -0.2) is 34.9 Å². The molecule has 1 aromatic rings. The van der Waals surface area contributed by atoms with Gasteiger partial charge in [-0.3, -0.25) is 0 Å². The van der Waals surface area contributed by atoms with Gasteiger partial charge in [0, 0.05) is 18.0 Å². The molecule has 1 atom stereocenters. The molecular formula is C13H22N2O4S2. The van der Waals surface area contributed by atoms with Crippen LogP contribution in [0.5, 0.6) is 0 Å². The average molecular weight is 334 g/mol. The smallest absolute Gasteiger partial charge is 0.241 e. The second-order valence-corrected chi connectivity index (χ2v) is 9.33. The molecule has 0 bridgehead atoms. The van der Waals surface area contributed by atoms with Gasteiger partial charge in [0.1, 0.15) is 9.84 Å². The Hall–Kier alpha value is -1.12. The van der Waals surface area contributed by atoms with Gasteiger partial charge in [-0.05, 0) is 44.4 Å². The van der Waals surface area contributed by atoms with Gasteiger partial charge >= 0.3 is 0 Å². The summed E-state index contributed by atoms with van der Waals surface area (Å²) in [5, 5.41) is 0. The molecule has 0 saturated carbocycles. The molecule has 0 aliphatic heterocycles. The van der Waals surface area contributed by atoms with E-state index >= 15 is 0 Å². The van der Waals surface area contributed by atoms with Crippen LogP contribution in [0, 0.1) is 20.8 Å². The number of rotatable bonds is 5. The third kappa shape index (κ3) is 4.42. The highest BCUT2D eigenvalue weighted by atomic mass is 32.2. The van der Waals surface area contributed by atoms with Crippen molar-refractivity contribution in [1.29, 1.82) is 0 Å². The van der Waals surface area contributed by atoms with Crippen molar-refractivity contribution in [1.82, 2.24) is 4.72 Å². The molecule has 0 amide bonds. The molecular weight excluding hydrogens is 312 g/mol. The number of nitrogen functional groups attached to an aromatic ring is 1. The minimum atomic E-state index is -3.83. The Balaban J connectivity index is 3.24. The Kier molecular flexibility index (Phi) is 5.07. The number of aryl methyl sites for hydroxylation is 2. The SMILES string of the molecule is Cc1cc(C)c(S(=O)(=O)NC(C)CS(C)(=O)=O)c(C)c1N. The molecule has 1 aromatic carbocycles. The summed E-state index contributed by atoms with van der Waals surface area (Å²) < 4.78 is 49.8. The summed E-state index contributed by atoms with van der Waals surface area (Å²) in [6, 6.07) is 0.990. The monoisotopic (exact) mass is 334 g/mol. The topological polar surface area (TPSA) is 106 Å². The molecule has 0 spiro atoms. The fourth-order valence-corrected chi connectivity index (χ4v) is 5.23. The second-order valence-electron chi connectivity index (χ2n) is 5.49. The highest BCUT2D eigenvalue weighted by Gasteiger charge is 2.25. The maximum atomic E-state index is 12.5. The van der Waals surface area contributed by atoms with E-state index in [9.17, 15) is 16.8 Å². The predicted octanol–water partition coefficient (Wildman–Crippen LogP) is 0.905. The van der Waals surface area contributed by atoms with Crippen molar-refractivity contribution in [3.8, 4) is 0 Å². The Morgan fingerprint density at radius 2 is 1.67 bits per heavy atom. The molecule has 1 unspecified atom stereocenters. The molecule has 1 rings (SSSR count). The van der Waals surface area contributed by atoms with E-state index in [0.29, 0.717) is 16.8 Å². The predicted molar refractivity (Wildman–Crippen MR) is 84.6 cm³/mol. The standard InChI is InChI=1S/C13H22N2O4S2/c1-8-6-9(2)13(11(4)12(8)14)21(18,19)15-10(3)7-20(5,16)17/h6,10,15H,7,14H2,1-5H3. The van der Waals surface area contributed by atoms with E-state index in [-0.39, 0.29) is 10.6 Å². The second kappa shape index (κ2) is 5.94. The zero-order chi connectivity index (χ0) is 16.6. The number of benzene rings is 1. The van der Waals surface area contributed by atoms with E-state index in [1.807, 2.05) is 6.92 Å². The Labute approximate surface area is 126 Å². The van der Waals surface area contributed by atoms with Gasteiger partial charge in [-0.15, -0.1) is 0 Å². The van der Waals surface area contributed by atoms with Crippen molar-refractivity contribution in [3.63, 3.8) is 0 Å². The van der Waals surface area contributed by atoms with Gasteiger partial charge in [-0.2, -0.15) is 0 Å². The number of nitrogens with two attached hydrogens (primary N) is 1. The van der Waals surface area contributed by atoms with Gasteiger partial charge in [0.2, 0.25) is 10.0 Å². The van der Waals surface area contributed by atoms with Crippen molar-refractivity contribution in [3.05, 3.63) is 22.8 Å². The molecule has 0 radical (unpaired) electrons. The number of nitrogens with one attached hydrogen (secondary N) is 1. The fraction of sp³-hybridized carbons (Fsp3) is 0.538. The largest absolute Gasteiger partial charge is 0.398 e. The Bertz CT molecular complexity index is 753. The fourth-order valence-electron chi connectivity index (χ4n) is 2.41. The number of hydrogen-bond donors (Lipinski definition) is 2.